The van der Waals surface area contributed by atoms with Gasteiger partial charge in [0.1, 0.15) is 5.15 Å². The molecule has 0 saturated heterocycles. The van der Waals surface area contributed by atoms with E-state index in [1.54, 1.807) is 17.5 Å². The lowest BCUT2D eigenvalue weighted by Gasteiger charge is -2.14. The quantitative estimate of drug-likeness (QED) is 0.837. The van der Waals surface area contributed by atoms with Crippen molar-refractivity contribution in [3.8, 4) is 0 Å². The summed E-state index contributed by atoms with van der Waals surface area (Å²) in [5.41, 5.74) is 2.38. The highest BCUT2D eigenvalue weighted by Crippen LogP contribution is 2.15. The number of hydrogen-bond donors (Lipinski definition) is 1. The summed E-state index contributed by atoms with van der Waals surface area (Å²) in [5, 5.41) is 8.20. The van der Waals surface area contributed by atoms with Crippen LogP contribution < -0.4 is 5.32 Å². The van der Waals surface area contributed by atoms with Crippen LogP contribution in [0.2, 0.25) is 5.15 Å². The minimum absolute atomic E-state index is 0.382. The second kappa shape index (κ2) is 5.32. The Morgan fingerprint density at radius 2 is 2.38 bits per heavy atom. The van der Waals surface area contributed by atoms with E-state index >= 15 is 0 Å². The fourth-order valence-electron chi connectivity index (χ4n) is 1.59. The Hall–Kier alpha value is -1.06. The van der Waals surface area contributed by atoms with Crippen LogP contribution in [0.1, 0.15) is 12.5 Å². The highest BCUT2D eigenvalue weighted by Gasteiger charge is 2.04. The number of halogens is 1. The van der Waals surface area contributed by atoms with Gasteiger partial charge in [-0.2, -0.15) is 11.3 Å². The molecule has 4 heteroatoms. The van der Waals surface area contributed by atoms with Crippen molar-refractivity contribution in [2.24, 2.45) is 0 Å². The minimum atomic E-state index is 0.382. The zero-order valence-electron chi connectivity index (χ0n) is 8.98. The molecule has 2 aromatic heterocycles. The van der Waals surface area contributed by atoms with Crippen LogP contribution in [0, 0.1) is 0 Å². The summed E-state index contributed by atoms with van der Waals surface area (Å²) in [4.78, 5) is 3.95. The minimum Gasteiger partial charge on any atom is -0.382 e. The molecule has 2 heterocycles. The first-order chi connectivity index (χ1) is 7.74. The van der Waals surface area contributed by atoms with Gasteiger partial charge in [-0.15, -0.1) is 0 Å². The summed E-state index contributed by atoms with van der Waals surface area (Å²) in [6, 6.07) is 6.30. The second-order valence-electron chi connectivity index (χ2n) is 3.75. The Balaban J connectivity index is 1.94. The van der Waals surface area contributed by atoms with Crippen LogP contribution in [-0.4, -0.2) is 11.0 Å². The summed E-state index contributed by atoms with van der Waals surface area (Å²) >= 11 is 7.55. The Bertz CT molecular complexity index is 442. The van der Waals surface area contributed by atoms with Gasteiger partial charge in [0.05, 0.1) is 0 Å². The number of pyridine rings is 1. The summed E-state index contributed by atoms with van der Waals surface area (Å²) in [6.07, 6.45) is 2.73. The lowest BCUT2D eigenvalue weighted by atomic mass is 10.1. The maximum absolute atomic E-state index is 5.82. The van der Waals surface area contributed by atoms with Crippen LogP contribution in [0.4, 0.5) is 5.69 Å². The molecule has 0 aromatic carbocycles. The Kier molecular flexibility index (Phi) is 3.80. The number of anilines is 1. The smallest absolute Gasteiger partial charge is 0.131 e. The molecule has 0 aliphatic carbocycles. The molecule has 0 aliphatic heterocycles. The number of rotatable bonds is 4. The molecule has 0 saturated carbocycles. The van der Waals surface area contributed by atoms with E-state index in [0.29, 0.717) is 11.2 Å². The number of thiophene rings is 1. The van der Waals surface area contributed by atoms with Gasteiger partial charge in [0.25, 0.3) is 0 Å². The van der Waals surface area contributed by atoms with E-state index in [1.165, 1.54) is 5.56 Å². The highest BCUT2D eigenvalue weighted by molar-refractivity contribution is 7.07. The van der Waals surface area contributed by atoms with Gasteiger partial charge in [0, 0.05) is 17.9 Å². The molecule has 0 aliphatic rings. The molecule has 1 atom stereocenters. The standard InChI is InChI=1S/C12H13ClN2S/c1-9(6-10-3-5-16-8-10)15-11-2-4-14-12(13)7-11/h2-5,7-9H,6H2,1H3,(H,14,15). The molecule has 2 rings (SSSR count). The molecule has 2 nitrogen and oxygen atoms in total. The number of aromatic nitrogens is 1. The second-order valence-corrected chi connectivity index (χ2v) is 4.92. The molecule has 16 heavy (non-hydrogen) atoms. The Labute approximate surface area is 104 Å². The van der Waals surface area contributed by atoms with Crippen LogP contribution in [-0.2, 0) is 6.42 Å². The van der Waals surface area contributed by atoms with Crippen LogP contribution in [0.5, 0.6) is 0 Å². The van der Waals surface area contributed by atoms with Gasteiger partial charge in [-0.1, -0.05) is 11.6 Å². The van der Waals surface area contributed by atoms with Crippen molar-refractivity contribution in [2.75, 3.05) is 5.32 Å². The van der Waals surface area contributed by atoms with Crippen molar-refractivity contribution >= 4 is 28.6 Å². The third kappa shape index (κ3) is 3.22. The van der Waals surface area contributed by atoms with E-state index in [0.717, 1.165) is 12.1 Å². The van der Waals surface area contributed by atoms with Gasteiger partial charge in [-0.25, -0.2) is 4.98 Å². The summed E-state index contributed by atoms with van der Waals surface area (Å²) in [7, 11) is 0. The molecule has 0 fully saturated rings. The molecule has 0 spiro atoms. The van der Waals surface area contributed by atoms with Crippen molar-refractivity contribution in [1.29, 1.82) is 0 Å². The largest absolute Gasteiger partial charge is 0.382 e. The number of hydrogen-bond acceptors (Lipinski definition) is 3. The van der Waals surface area contributed by atoms with E-state index in [4.69, 9.17) is 11.6 Å². The Morgan fingerprint density at radius 1 is 1.50 bits per heavy atom. The zero-order valence-corrected chi connectivity index (χ0v) is 10.6. The van der Waals surface area contributed by atoms with Crippen molar-refractivity contribution in [1.82, 2.24) is 4.98 Å². The van der Waals surface area contributed by atoms with E-state index < -0.39 is 0 Å². The predicted octanol–water partition coefficient (Wildman–Crippen LogP) is 3.84. The average molecular weight is 253 g/mol. The van der Waals surface area contributed by atoms with Gasteiger partial charge < -0.3 is 5.32 Å². The molecule has 0 amide bonds. The van der Waals surface area contributed by atoms with E-state index in [9.17, 15) is 0 Å². The topological polar surface area (TPSA) is 24.9 Å². The van der Waals surface area contributed by atoms with E-state index in [-0.39, 0.29) is 0 Å². The van der Waals surface area contributed by atoms with Gasteiger partial charge in [0.15, 0.2) is 0 Å². The van der Waals surface area contributed by atoms with E-state index in [1.807, 2.05) is 12.1 Å². The van der Waals surface area contributed by atoms with Gasteiger partial charge in [-0.3, -0.25) is 0 Å². The lowest BCUT2D eigenvalue weighted by molar-refractivity contribution is 0.792. The van der Waals surface area contributed by atoms with Crippen LogP contribution in [0.25, 0.3) is 0 Å². The van der Waals surface area contributed by atoms with Crippen LogP contribution >= 0.6 is 22.9 Å². The normalized spacial score (nSPS) is 12.4. The summed E-state index contributed by atoms with van der Waals surface area (Å²) in [5.74, 6) is 0. The van der Waals surface area contributed by atoms with Crippen molar-refractivity contribution in [3.63, 3.8) is 0 Å². The highest BCUT2D eigenvalue weighted by atomic mass is 35.5. The van der Waals surface area contributed by atoms with Crippen LogP contribution in [0.3, 0.4) is 0 Å². The zero-order chi connectivity index (χ0) is 11.4. The van der Waals surface area contributed by atoms with E-state index in [2.05, 4.69) is 34.1 Å². The third-order valence-electron chi connectivity index (χ3n) is 2.26. The van der Waals surface area contributed by atoms with Crippen molar-refractivity contribution in [3.05, 3.63) is 45.9 Å². The molecular formula is C12H13ClN2S. The van der Waals surface area contributed by atoms with Gasteiger partial charge >= 0.3 is 0 Å². The maximum Gasteiger partial charge on any atom is 0.131 e. The molecule has 0 radical (unpaired) electrons. The first-order valence-electron chi connectivity index (χ1n) is 5.13. The SMILES string of the molecule is CC(Cc1ccsc1)Nc1ccnc(Cl)c1. The summed E-state index contributed by atoms with van der Waals surface area (Å²) in [6.45, 7) is 2.16. The summed E-state index contributed by atoms with van der Waals surface area (Å²) < 4.78 is 0. The first-order valence-corrected chi connectivity index (χ1v) is 6.45. The Morgan fingerprint density at radius 3 is 3.06 bits per heavy atom. The molecule has 84 valence electrons. The molecule has 1 unspecified atom stereocenters. The lowest BCUT2D eigenvalue weighted by Crippen LogP contribution is -2.17. The monoisotopic (exact) mass is 252 g/mol. The molecule has 0 bridgehead atoms. The number of nitrogens with one attached hydrogen (secondary N) is 1. The fraction of sp³-hybridized carbons (Fsp3) is 0.250. The van der Waals surface area contributed by atoms with Crippen LogP contribution in [0.15, 0.2) is 35.2 Å². The third-order valence-corrected chi connectivity index (χ3v) is 3.20. The molecule has 2 aromatic rings. The molecular weight excluding hydrogens is 240 g/mol. The average Bonchev–Trinajstić information content (AvgIpc) is 2.70. The predicted molar refractivity (Wildman–Crippen MR) is 70.4 cm³/mol. The fourth-order valence-corrected chi connectivity index (χ4v) is 2.45. The van der Waals surface area contributed by atoms with Gasteiger partial charge in [0.2, 0.25) is 0 Å². The van der Waals surface area contributed by atoms with Crippen molar-refractivity contribution in [2.45, 2.75) is 19.4 Å². The van der Waals surface area contributed by atoms with Gasteiger partial charge in [-0.05, 0) is 47.9 Å². The molecule has 1 N–H and O–H groups in total. The number of nitrogens with zero attached hydrogens (tertiary/aromatic N) is 1. The first kappa shape index (κ1) is 11.4. The maximum atomic E-state index is 5.82. The van der Waals surface area contributed by atoms with Crippen molar-refractivity contribution < 1.29 is 0 Å².